The first-order valence-corrected chi connectivity index (χ1v) is 10.3. The van der Waals surface area contributed by atoms with Crippen molar-refractivity contribution in [1.29, 1.82) is 0 Å². The lowest BCUT2D eigenvalue weighted by molar-refractivity contribution is 0.354. The minimum absolute atomic E-state index is 0.139. The monoisotopic (exact) mass is 424 g/mol. The van der Waals surface area contributed by atoms with Crippen LogP contribution in [0.2, 0.25) is 0 Å². The zero-order valence-electron chi connectivity index (χ0n) is 17.5. The number of rotatable bonds is 3. The molecule has 3 heterocycles. The van der Waals surface area contributed by atoms with Gasteiger partial charge in [-0.25, -0.2) is 9.66 Å². The normalized spacial score (nSPS) is 14.6. The molecule has 2 N–H and O–H groups in total. The molecule has 0 fully saturated rings. The maximum Gasteiger partial charge on any atom is 0.280 e. The van der Waals surface area contributed by atoms with Crippen molar-refractivity contribution in [3.63, 3.8) is 0 Å². The Morgan fingerprint density at radius 2 is 1.66 bits per heavy atom. The molecule has 1 atom stereocenters. The molecule has 0 saturated carbocycles. The Kier molecular flexibility index (Phi) is 3.98. The second kappa shape index (κ2) is 6.88. The van der Waals surface area contributed by atoms with Gasteiger partial charge in [-0.2, -0.15) is 0 Å². The highest BCUT2D eigenvalue weighted by Gasteiger charge is 2.32. The third kappa shape index (κ3) is 2.54. The van der Waals surface area contributed by atoms with E-state index in [4.69, 9.17) is 14.5 Å². The molecule has 3 aromatic carbocycles. The molecule has 1 aliphatic rings. The van der Waals surface area contributed by atoms with Gasteiger partial charge >= 0.3 is 0 Å². The largest absolute Gasteiger partial charge is 0.493 e. The van der Waals surface area contributed by atoms with Crippen molar-refractivity contribution < 1.29 is 9.47 Å². The molecule has 6 rings (SSSR count). The van der Waals surface area contributed by atoms with Crippen molar-refractivity contribution in [2.75, 3.05) is 19.6 Å². The van der Waals surface area contributed by atoms with Crippen LogP contribution in [0.1, 0.15) is 17.2 Å². The van der Waals surface area contributed by atoms with Crippen molar-refractivity contribution in [2.24, 2.45) is 0 Å². The van der Waals surface area contributed by atoms with Crippen molar-refractivity contribution in [2.45, 2.75) is 6.04 Å². The summed E-state index contributed by atoms with van der Waals surface area (Å²) in [6, 6.07) is 21.0. The molecular formula is C25H20N4O3. The molecule has 0 amide bonds. The highest BCUT2D eigenvalue weighted by Crippen LogP contribution is 2.42. The summed E-state index contributed by atoms with van der Waals surface area (Å²) in [5.41, 5.74) is 7.74. The Labute approximate surface area is 183 Å². The molecule has 0 saturated heterocycles. The first kappa shape index (κ1) is 18.5. The first-order chi connectivity index (χ1) is 15.7. The van der Waals surface area contributed by atoms with Crippen LogP contribution in [-0.4, -0.2) is 28.9 Å². The van der Waals surface area contributed by atoms with Gasteiger partial charge in [-0.05, 0) is 35.9 Å². The van der Waals surface area contributed by atoms with E-state index in [0.717, 1.165) is 27.7 Å². The summed E-state index contributed by atoms with van der Waals surface area (Å²) in [4.78, 5) is 21.7. The Balaban J connectivity index is 1.67. The predicted molar refractivity (Wildman–Crippen MR) is 124 cm³/mol. The molecule has 0 bridgehead atoms. The van der Waals surface area contributed by atoms with Gasteiger partial charge in [-0.15, -0.1) is 0 Å². The fourth-order valence-corrected chi connectivity index (χ4v) is 4.53. The SMILES string of the molecule is COc1ccc(C2Nn3c(nc4ccccc4c3=O)-c3[nH]c4ccccc4c32)cc1OC. The van der Waals surface area contributed by atoms with E-state index in [0.29, 0.717) is 28.2 Å². The topological polar surface area (TPSA) is 81.2 Å². The lowest BCUT2D eigenvalue weighted by atomic mass is 9.94. The molecular weight excluding hydrogens is 404 g/mol. The van der Waals surface area contributed by atoms with Gasteiger partial charge in [-0.1, -0.05) is 36.4 Å². The van der Waals surface area contributed by atoms with Crippen LogP contribution in [0.15, 0.2) is 71.5 Å². The maximum atomic E-state index is 13.4. The lowest BCUT2D eigenvalue weighted by Gasteiger charge is -2.29. The summed E-state index contributed by atoms with van der Waals surface area (Å²) < 4.78 is 12.5. The van der Waals surface area contributed by atoms with E-state index in [9.17, 15) is 4.79 Å². The number of ether oxygens (including phenoxy) is 2. The quantitative estimate of drug-likeness (QED) is 0.454. The van der Waals surface area contributed by atoms with Crippen molar-refractivity contribution in [3.05, 3.63) is 88.2 Å². The first-order valence-electron chi connectivity index (χ1n) is 10.3. The summed E-state index contributed by atoms with van der Waals surface area (Å²) in [6.45, 7) is 0. The molecule has 0 spiro atoms. The summed E-state index contributed by atoms with van der Waals surface area (Å²) in [5, 5.41) is 1.64. The van der Waals surface area contributed by atoms with Crippen LogP contribution in [0, 0.1) is 0 Å². The highest BCUT2D eigenvalue weighted by molar-refractivity contribution is 5.92. The van der Waals surface area contributed by atoms with Crippen molar-refractivity contribution in [3.8, 4) is 23.0 Å². The molecule has 32 heavy (non-hydrogen) atoms. The Hall–Kier alpha value is -4.26. The number of aromatic amines is 1. The smallest absolute Gasteiger partial charge is 0.280 e. The molecule has 0 aliphatic carbocycles. The second-order valence-electron chi connectivity index (χ2n) is 7.73. The van der Waals surface area contributed by atoms with Crippen LogP contribution in [0.3, 0.4) is 0 Å². The fourth-order valence-electron chi connectivity index (χ4n) is 4.53. The maximum absolute atomic E-state index is 13.4. The molecule has 5 aromatic rings. The van der Waals surface area contributed by atoms with Crippen LogP contribution in [0.4, 0.5) is 0 Å². The van der Waals surface area contributed by atoms with Gasteiger partial charge in [0.25, 0.3) is 5.56 Å². The van der Waals surface area contributed by atoms with E-state index in [1.54, 1.807) is 25.0 Å². The number of methoxy groups -OCH3 is 2. The number of para-hydroxylation sites is 2. The minimum atomic E-state index is -0.297. The number of nitrogens with zero attached hydrogens (tertiary/aromatic N) is 2. The van der Waals surface area contributed by atoms with Gasteiger partial charge in [-0.3, -0.25) is 4.79 Å². The number of hydrogen-bond donors (Lipinski definition) is 2. The van der Waals surface area contributed by atoms with Crippen LogP contribution < -0.4 is 20.5 Å². The average molecular weight is 424 g/mol. The van der Waals surface area contributed by atoms with Crippen LogP contribution in [0.25, 0.3) is 33.3 Å². The van der Waals surface area contributed by atoms with Gasteiger partial charge in [0.1, 0.15) is 0 Å². The van der Waals surface area contributed by atoms with Gasteiger partial charge < -0.3 is 19.9 Å². The van der Waals surface area contributed by atoms with Crippen molar-refractivity contribution >= 4 is 21.8 Å². The van der Waals surface area contributed by atoms with E-state index in [-0.39, 0.29) is 11.6 Å². The molecule has 2 aromatic heterocycles. The minimum Gasteiger partial charge on any atom is -0.493 e. The highest BCUT2D eigenvalue weighted by atomic mass is 16.5. The van der Waals surface area contributed by atoms with Gasteiger partial charge in [0.2, 0.25) is 0 Å². The zero-order chi connectivity index (χ0) is 21.8. The number of hydrogen-bond acceptors (Lipinski definition) is 5. The number of H-pyrrole nitrogens is 1. The van der Waals surface area contributed by atoms with Crippen LogP contribution in [-0.2, 0) is 0 Å². The Morgan fingerprint density at radius 3 is 2.47 bits per heavy atom. The van der Waals surface area contributed by atoms with Gasteiger partial charge in [0, 0.05) is 16.5 Å². The lowest BCUT2D eigenvalue weighted by Crippen LogP contribution is -2.37. The van der Waals surface area contributed by atoms with E-state index in [1.807, 2.05) is 54.6 Å². The number of benzene rings is 3. The molecule has 7 nitrogen and oxygen atoms in total. The number of nitrogens with one attached hydrogen (secondary N) is 2. The van der Waals surface area contributed by atoms with E-state index in [1.165, 1.54) is 0 Å². The van der Waals surface area contributed by atoms with Gasteiger partial charge in [0.15, 0.2) is 17.3 Å². The molecule has 7 heteroatoms. The molecule has 158 valence electrons. The summed E-state index contributed by atoms with van der Waals surface area (Å²) >= 11 is 0. The summed E-state index contributed by atoms with van der Waals surface area (Å²) in [7, 11) is 3.23. The average Bonchev–Trinajstić information content (AvgIpc) is 3.23. The summed E-state index contributed by atoms with van der Waals surface area (Å²) in [6.07, 6.45) is 0. The van der Waals surface area contributed by atoms with Crippen LogP contribution in [0.5, 0.6) is 11.5 Å². The second-order valence-corrected chi connectivity index (χ2v) is 7.73. The zero-order valence-corrected chi connectivity index (χ0v) is 17.5. The van der Waals surface area contributed by atoms with Gasteiger partial charge in [0.05, 0.1) is 36.9 Å². The molecule has 1 unspecified atom stereocenters. The molecule has 1 aliphatic heterocycles. The van der Waals surface area contributed by atoms with E-state index >= 15 is 0 Å². The third-order valence-corrected chi connectivity index (χ3v) is 6.03. The standard InChI is InChI=1S/C25H20N4O3/c1-31-19-12-11-14(13-20(19)32-2)22-21-15-7-3-5-9-17(15)26-23(21)24-27-18-10-6-4-8-16(18)25(30)29(24)28-22/h3-13,22,26,28H,1-2H3. The van der Waals surface area contributed by atoms with Crippen LogP contribution >= 0.6 is 0 Å². The third-order valence-electron chi connectivity index (χ3n) is 6.03. The van der Waals surface area contributed by atoms with Crippen molar-refractivity contribution in [1.82, 2.24) is 14.6 Å². The Bertz CT molecular complexity index is 1570. The Morgan fingerprint density at radius 1 is 0.906 bits per heavy atom. The molecule has 0 radical (unpaired) electrons. The fraction of sp³-hybridized carbons (Fsp3) is 0.120. The summed E-state index contributed by atoms with van der Waals surface area (Å²) in [5.74, 6) is 1.84. The predicted octanol–water partition coefficient (Wildman–Crippen LogP) is 4.21. The number of fused-ring (bicyclic) bond motifs is 6. The van der Waals surface area contributed by atoms with E-state index in [2.05, 4.69) is 16.5 Å². The number of aromatic nitrogens is 3. The van der Waals surface area contributed by atoms with E-state index < -0.39 is 0 Å².